The van der Waals surface area contributed by atoms with Crippen molar-refractivity contribution in [2.75, 3.05) is 6.54 Å². The standard InChI is InChI=1S/C16H19NO2/c1-10-15-13(16(18)19-10)6-7-14-12-5-3-2-4-11(12)8-9-17(14)15/h2-5,10,13-15H,6-9H2,1H3/t10-,13-,14+,15+/m0/s1. The Kier molecular flexibility index (Phi) is 2.46. The van der Waals surface area contributed by atoms with E-state index in [4.69, 9.17) is 4.74 Å². The van der Waals surface area contributed by atoms with Gasteiger partial charge >= 0.3 is 5.97 Å². The van der Waals surface area contributed by atoms with Crippen molar-refractivity contribution >= 4 is 5.97 Å². The Labute approximate surface area is 113 Å². The molecule has 2 saturated heterocycles. The second-order valence-electron chi connectivity index (χ2n) is 6.02. The lowest BCUT2D eigenvalue weighted by Crippen LogP contribution is -2.52. The van der Waals surface area contributed by atoms with Crippen LogP contribution in [0.15, 0.2) is 24.3 Å². The van der Waals surface area contributed by atoms with Gasteiger partial charge in [0.2, 0.25) is 0 Å². The fourth-order valence-electron chi connectivity index (χ4n) is 4.28. The molecule has 0 aromatic heterocycles. The summed E-state index contributed by atoms with van der Waals surface area (Å²) >= 11 is 0. The lowest BCUT2D eigenvalue weighted by molar-refractivity contribution is -0.144. The SMILES string of the molecule is C[C@@H]1OC(=O)[C@H]2CC[C@@H]3c4ccccc4CCN3[C@H]12. The van der Waals surface area contributed by atoms with E-state index in [1.807, 2.05) is 6.92 Å². The van der Waals surface area contributed by atoms with E-state index in [9.17, 15) is 4.79 Å². The Bertz CT molecular complexity index is 527. The smallest absolute Gasteiger partial charge is 0.310 e. The molecule has 0 spiro atoms. The van der Waals surface area contributed by atoms with Crippen molar-refractivity contribution in [3.05, 3.63) is 35.4 Å². The largest absolute Gasteiger partial charge is 0.461 e. The third-order valence-electron chi connectivity index (χ3n) is 5.09. The van der Waals surface area contributed by atoms with Gasteiger partial charge in [0.15, 0.2) is 0 Å². The normalized spacial score (nSPS) is 37.2. The maximum Gasteiger partial charge on any atom is 0.310 e. The molecule has 19 heavy (non-hydrogen) atoms. The zero-order chi connectivity index (χ0) is 13.0. The molecular weight excluding hydrogens is 238 g/mol. The van der Waals surface area contributed by atoms with Crippen LogP contribution in [0.25, 0.3) is 0 Å². The Morgan fingerprint density at radius 2 is 2.11 bits per heavy atom. The van der Waals surface area contributed by atoms with Gasteiger partial charge in [-0.15, -0.1) is 0 Å². The number of hydrogen-bond donors (Lipinski definition) is 0. The average molecular weight is 257 g/mol. The number of carbonyl (C=O) groups is 1. The van der Waals surface area contributed by atoms with E-state index in [1.54, 1.807) is 0 Å². The third-order valence-corrected chi connectivity index (χ3v) is 5.09. The highest BCUT2D eigenvalue weighted by Gasteiger charge is 2.51. The van der Waals surface area contributed by atoms with Crippen LogP contribution in [-0.2, 0) is 16.0 Å². The van der Waals surface area contributed by atoms with E-state index in [0.29, 0.717) is 12.1 Å². The molecule has 1 aromatic rings. The minimum Gasteiger partial charge on any atom is -0.461 e. The summed E-state index contributed by atoms with van der Waals surface area (Å²) in [6.45, 7) is 3.11. The molecule has 4 rings (SSSR count). The Morgan fingerprint density at radius 1 is 1.26 bits per heavy atom. The molecule has 0 bridgehead atoms. The van der Waals surface area contributed by atoms with E-state index in [1.165, 1.54) is 11.1 Å². The van der Waals surface area contributed by atoms with Gasteiger partial charge in [-0.3, -0.25) is 9.69 Å². The van der Waals surface area contributed by atoms with Gasteiger partial charge in [-0.25, -0.2) is 0 Å². The molecule has 0 N–H and O–H groups in total. The van der Waals surface area contributed by atoms with Crippen molar-refractivity contribution in [2.24, 2.45) is 5.92 Å². The fraction of sp³-hybridized carbons (Fsp3) is 0.562. The first-order valence-electron chi connectivity index (χ1n) is 7.30. The molecule has 3 nitrogen and oxygen atoms in total. The van der Waals surface area contributed by atoms with Gasteiger partial charge in [0.05, 0.1) is 12.0 Å². The summed E-state index contributed by atoms with van der Waals surface area (Å²) in [6, 6.07) is 9.55. The van der Waals surface area contributed by atoms with Crippen LogP contribution >= 0.6 is 0 Å². The van der Waals surface area contributed by atoms with Gasteiger partial charge in [0, 0.05) is 12.6 Å². The number of nitrogens with zero attached hydrogens (tertiary/aromatic N) is 1. The molecule has 0 saturated carbocycles. The second kappa shape index (κ2) is 4.07. The summed E-state index contributed by atoms with van der Waals surface area (Å²) in [4.78, 5) is 14.4. The number of benzene rings is 1. The maximum atomic E-state index is 11.9. The van der Waals surface area contributed by atoms with Crippen LogP contribution in [0.4, 0.5) is 0 Å². The fourth-order valence-corrected chi connectivity index (χ4v) is 4.28. The first kappa shape index (κ1) is 11.5. The highest BCUT2D eigenvalue weighted by molar-refractivity contribution is 5.76. The Hall–Kier alpha value is -1.35. The van der Waals surface area contributed by atoms with Gasteiger partial charge in [-0.1, -0.05) is 24.3 Å². The van der Waals surface area contributed by atoms with Crippen LogP contribution in [-0.4, -0.2) is 29.6 Å². The lowest BCUT2D eigenvalue weighted by Gasteiger charge is -2.46. The number of cyclic esters (lactones) is 1. The third kappa shape index (κ3) is 1.57. The highest BCUT2D eigenvalue weighted by atomic mass is 16.6. The Balaban J connectivity index is 1.72. The number of ether oxygens (including phenoxy) is 1. The number of rotatable bonds is 0. The molecule has 4 atom stereocenters. The molecule has 0 amide bonds. The van der Waals surface area contributed by atoms with Crippen LogP contribution in [0.1, 0.15) is 36.9 Å². The summed E-state index contributed by atoms with van der Waals surface area (Å²) in [5.74, 6) is 0.131. The number of carbonyl (C=O) groups excluding carboxylic acids is 1. The monoisotopic (exact) mass is 257 g/mol. The van der Waals surface area contributed by atoms with E-state index in [2.05, 4.69) is 29.2 Å². The van der Waals surface area contributed by atoms with E-state index >= 15 is 0 Å². The van der Waals surface area contributed by atoms with Crippen molar-refractivity contribution in [1.82, 2.24) is 4.90 Å². The molecule has 3 aliphatic heterocycles. The van der Waals surface area contributed by atoms with Gasteiger partial charge < -0.3 is 4.74 Å². The predicted molar refractivity (Wildman–Crippen MR) is 71.7 cm³/mol. The zero-order valence-electron chi connectivity index (χ0n) is 11.2. The first-order chi connectivity index (χ1) is 9.25. The number of fused-ring (bicyclic) bond motifs is 5. The van der Waals surface area contributed by atoms with Crippen LogP contribution in [0.2, 0.25) is 0 Å². The summed E-state index contributed by atoms with van der Waals surface area (Å²) in [7, 11) is 0. The van der Waals surface area contributed by atoms with Crippen LogP contribution in [0, 0.1) is 5.92 Å². The van der Waals surface area contributed by atoms with E-state index < -0.39 is 0 Å². The summed E-state index contributed by atoms with van der Waals surface area (Å²) in [5.41, 5.74) is 2.96. The number of piperidine rings is 1. The topological polar surface area (TPSA) is 29.5 Å². The zero-order valence-corrected chi connectivity index (χ0v) is 11.2. The molecule has 0 unspecified atom stereocenters. The van der Waals surface area contributed by atoms with Crippen molar-refractivity contribution in [3.63, 3.8) is 0 Å². The van der Waals surface area contributed by atoms with Crippen molar-refractivity contribution in [3.8, 4) is 0 Å². The molecule has 100 valence electrons. The first-order valence-corrected chi connectivity index (χ1v) is 7.30. The molecule has 0 radical (unpaired) electrons. The lowest BCUT2D eigenvalue weighted by atomic mass is 9.79. The van der Waals surface area contributed by atoms with Crippen LogP contribution in [0.5, 0.6) is 0 Å². The van der Waals surface area contributed by atoms with Gasteiger partial charge in [0.25, 0.3) is 0 Å². The van der Waals surface area contributed by atoms with Crippen LogP contribution in [0.3, 0.4) is 0 Å². The summed E-state index contributed by atoms with van der Waals surface area (Å²) in [6.07, 6.45) is 3.20. The molecule has 1 aromatic carbocycles. The molecule has 3 heteroatoms. The molecule has 2 fully saturated rings. The average Bonchev–Trinajstić information content (AvgIpc) is 2.74. The predicted octanol–water partition coefficient (Wildman–Crippen LogP) is 2.31. The minimum absolute atomic E-state index is 0.0230. The van der Waals surface area contributed by atoms with Crippen molar-refractivity contribution in [1.29, 1.82) is 0 Å². The van der Waals surface area contributed by atoms with Crippen molar-refractivity contribution < 1.29 is 9.53 Å². The molecule has 0 aliphatic carbocycles. The van der Waals surface area contributed by atoms with Gasteiger partial charge in [0.1, 0.15) is 6.10 Å². The van der Waals surface area contributed by atoms with Gasteiger partial charge in [-0.2, -0.15) is 0 Å². The maximum absolute atomic E-state index is 11.9. The number of esters is 1. The molecule has 3 heterocycles. The quantitative estimate of drug-likeness (QED) is 0.668. The van der Waals surface area contributed by atoms with Crippen LogP contribution < -0.4 is 0 Å². The molecular formula is C16H19NO2. The Morgan fingerprint density at radius 3 is 3.00 bits per heavy atom. The second-order valence-corrected chi connectivity index (χ2v) is 6.02. The summed E-state index contributed by atoms with van der Waals surface area (Å²) < 4.78 is 5.46. The number of hydrogen-bond acceptors (Lipinski definition) is 3. The van der Waals surface area contributed by atoms with E-state index in [-0.39, 0.29) is 18.0 Å². The van der Waals surface area contributed by atoms with Gasteiger partial charge in [-0.05, 0) is 37.3 Å². The van der Waals surface area contributed by atoms with E-state index in [0.717, 1.165) is 25.8 Å². The minimum atomic E-state index is 0.0230. The highest BCUT2D eigenvalue weighted by Crippen LogP contribution is 2.45. The summed E-state index contributed by atoms with van der Waals surface area (Å²) in [5, 5.41) is 0. The van der Waals surface area contributed by atoms with Crippen molar-refractivity contribution in [2.45, 2.75) is 44.4 Å². The molecule has 3 aliphatic rings.